The van der Waals surface area contributed by atoms with Gasteiger partial charge in [-0.15, -0.1) is 0 Å². The highest BCUT2D eigenvalue weighted by Crippen LogP contribution is 2.14. The first kappa shape index (κ1) is 17.1. The molecule has 25 heavy (non-hydrogen) atoms. The van der Waals surface area contributed by atoms with Gasteiger partial charge in [0.2, 0.25) is 5.95 Å². The highest BCUT2D eigenvalue weighted by molar-refractivity contribution is 5.94. The largest absolute Gasteiger partial charge is 0.467 e. The summed E-state index contributed by atoms with van der Waals surface area (Å²) in [6, 6.07) is 7.64. The fourth-order valence-electron chi connectivity index (χ4n) is 2.51. The highest BCUT2D eigenvalue weighted by Gasteiger charge is 2.17. The van der Waals surface area contributed by atoms with Gasteiger partial charge < -0.3 is 19.7 Å². The van der Waals surface area contributed by atoms with Gasteiger partial charge in [-0.05, 0) is 19.1 Å². The van der Waals surface area contributed by atoms with Crippen LogP contribution < -0.4 is 15.0 Å². The normalized spacial score (nSPS) is 14.2. The highest BCUT2D eigenvalue weighted by atomic mass is 16.5. The molecular formula is C17H21N5O3. The molecular weight excluding hydrogens is 322 g/mol. The molecule has 0 radical (unpaired) electrons. The first-order valence-electron chi connectivity index (χ1n) is 8.12. The third-order valence-electron chi connectivity index (χ3n) is 3.81. The standard InChI is InChI=1S/C17H21N5O3/c1-12-4-3-5-13(10-12)15(23)18-11-14-19-16(21-17(20-14)24-2)22-6-8-25-9-7-22/h3-5,10H,6-9,11H2,1-2H3,(H,18,23). The molecule has 0 unspecified atom stereocenters. The number of morpholine rings is 1. The number of carbonyl (C=O) groups is 1. The smallest absolute Gasteiger partial charge is 0.321 e. The van der Waals surface area contributed by atoms with Crippen LogP contribution in [0.4, 0.5) is 5.95 Å². The molecule has 8 heteroatoms. The number of aryl methyl sites for hydroxylation is 1. The van der Waals surface area contributed by atoms with Crippen molar-refractivity contribution in [3.8, 4) is 6.01 Å². The number of nitrogens with one attached hydrogen (secondary N) is 1. The number of hydrogen-bond acceptors (Lipinski definition) is 7. The summed E-state index contributed by atoms with van der Waals surface area (Å²) in [5.41, 5.74) is 1.64. The van der Waals surface area contributed by atoms with E-state index in [4.69, 9.17) is 9.47 Å². The van der Waals surface area contributed by atoms with Gasteiger partial charge in [0.1, 0.15) is 0 Å². The van der Waals surface area contributed by atoms with Crippen LogP contribution in [0.3, 0.4) is 0 Å². The van der Waals surface area contributed by atoms with Gasteiger partial charge in [0.05, 0.1) is 26.9 Å². The third-order valence-corrected chi connectivity index (χ3v) is 3.81. The number of carbonyl (C=O) groups excluding carboxylic acids is 1. The second kappa shape index (κ2) is 7.89. The van der Waals surface area contributed by atoms with Crippen molar-refractivity contribution in [2.45, 2.75) is 13.5 Å². The van der Waals surface area contributed by atoms with Crippen LogP contribution in [0.15, 0.2) is 24.3 Å². The molecule has 1 aliphatic rings. The van der Waals surface area contributed by atoms with Gasteiger partial charge in [0.15, 0.2) is 5.82 Å². The van der Waals surface area contributed by atoms with Crippen molar-refractivity contribution in [3.05, 3.63) is 41.2 Å². The van der Waals surface area contributed by atoms with E-state index in [2.05, 4.69) is 20.3 Å². The van der Waals surface area contributed by atoms with Crippen LogP contribution in [0, 0.1) is 6.92 Å². The quantitative estimate of drug-likeness (QED) is 0.864. The second-order valence-corrected chi connectivity index (χ2v) is 5.69. The zero-order valence-electron chi connectivity index (χ0n) is 14.4. The molecule has 0 spiro atoms. The molecule has 1 aromatic heterocycles. The van der Waals surface area contributed by atoms with Gasteiger partial charge in [-0.1, -0.05) is 17.7 Å². The number of anilines is 1. The summed E-state index contributed by atoms with van der Waals surface area (Å²) in [5.74, 6) is 0.820. The number of aromatic nitrogens is 3. The van der Waals surface area contributed by atoms with Gasteiger partial charge in [0, 0.05) is 18.7 Å². The summed E-state index contributed by atoms with van der Waals surface area (Å²) in [4.78, 5) is 27.2. The van der Waals surface area contributed by atoms with Crippen LogP contribution in [0.2, 0.25) is 0 Å². The number of methoxy groups -OCH3 is 1. The molecule has 1 saturated heterocycles. The van der Waals surface area contributed by atoms with Gasteiger partial charge >= 0.3 is 6.01 Å². The molecule has 1 aliphatic heterocycles. The Kier molecular flexibility index (Phi) is 5.39. The van der Waals surface area contributed by atoms with Crippen molar-refractivity contribution >= 4 is 11.9 Å². The van der Waals surface area contributed by atoms with E-state index in [0.717, 1.165) is 5.56 Å². The predicted octanol–water partition coefficient (Wildman–Crippen LogP) is 0.955. The summed E-state index contributed by atoms with van der Waals surface area (Å²) in [5, 5.41) is 2.83. The zero-order chi connectivity index (χ0) is 17.6. The molecule has 0 saturated carbocycles. The van der Waals surface area contributed by atoms with Crippen molar-refractivity contribution in [2.24, 2.45) is 0 Å². The number of rotatable bonds is 5. The Morgan fingerprint density at radius 2 is 2.08 bits per heavy atom. The average molecular weight is 343 g/mol. The Hall–Kier alpha value is -2.74. The molecule has 1 fully saturated rings. The predicted molar refractivity (Wildman–Crippen MR) is 91.8 cm³/mol. The van der Waals surface area contributed by atoms with Crippen molar-refractivity contribution in [3.63, 3.8) is 0 Å². The SMILES string of the molecule is COc1nc(CNC(=O)c2cccc(C)c2)nc(N2CCOCC2)n1. The maximum Gasteiger partial charge on any atom is 0.321 e. The molecule has 2 heterocycles. The minimum Gasteiger partial charge on any atom is -0.467 e. The van der Waals surface area contributed by atoms with Crippen LogP contribution in [0.1, 0.15) is 21.7 Å². The molecule has 132 valence electrons. The van der Waals surface area contributed by atoms with Crippen molar-refractivity contribution in [1.29, 1.82) is 0 Å². The minimum atomic E-state index is -0.170. The van der Waals surface area contributed by atoms with Gasteiger partial charge in [-0.2, -0.15) is 15.0 Å². The van der Waals surface area contributed by atoms with Crippen LogP contribution in [-0.2, 0) is 11.3 Å². The van der Waals surface area contributed by atoms with E-state index in [9.17, 15) is 4.79 Å². The van der Waals surface area contributed by atoms with Gasteiger partial charge in [-0.25, -0.2) is 0 Å². The van der Waals surface area contributed by atoms with E-state index in [1.165, 1.54) is 7.11 Å². The molecule has 0 bridgehead atoms. The molecule has 0 atom stereocenters. The molecule has 3 rings (SSSR count). The second-order valence-electron chi connectivity index (χ2n) is 5.69. The molecule has 1 aromatic carbocycles. The van der Waals surface area contributed by atoms with Crippen LogP contribution in [-0.4, -0.2) is 54.3 Å². The van der Waals surface area contributed by atoms with Crippen LogP contribution >= 0.6 is 0 Å². The lowest BCUT2D eigenvalue weighted by atomic mass is 10.1. The van der Waals surface area contributed by atoms with E-state index in [-0.39, 0.29) is 18.5 Å². The number of ether oxygens (including phenoxy) is 2. The van der Waals surface area contributed by atoms with E-state index >= 15 is 0 Å². The minimum absolute atomic E-state index is 0.170. The third kappa shape index (κ3) is 4.42. The first-order chi connectivity index (χ1) is 12.2. The summed E-state index contributed by atoms with van der Waals surface area (Å²) in [6.07, 6.45) is 0. The topological polar surface area (TPSA) is 89.5 Å². The fourth-order valence-corrected chi connectivity index (χ4v) is 2.51. The summed E-state index contributed by atoms with van der Waals surface area (Å²) < 4.78 is 10.5. The van der Waals surface area contributed by atoms with Crippen LogP contribution in [0.25, 0.3) is 0 Å². The van der Waals surface area contributed by atoms with Crippen molar-refractivity contribution < 1.29 is 14.3 Å². The number of hydrogen-bond donors (Lipinski definition) is 1. The van der Waals surface area contributed by atoms with E-state index in [1.807, 2.05) is 30.0 Å². The Balaban J connectivity index is 1.71. The average Bonchev–Trinajstić information content (AvgIpc) is 2.66. The van der Waals surface area contributed by atoms with E-state index in [1.54, 1.807) is 6.07 Å². The molecule has 8 nitrogen and oxygen atoms in total. The number of nitrogens with zero attached hydrogens (tertiary/aromatic N) is 4. The Morgan fingerprint density at radius 1 is 1.28 bits per heavy atom. The first-order valence-corrected chi connectivity index (χ1v) is 8.12. The molecule has 2 aromatic rings. The maximum absolute atomic E-state index is 12.3. The summed E-state index contributed by atoms with van der Waals surface area (Å²) in [6.45, 7) is 4.83. The van der Waals surface area contributed by atoms with Crippen molar-refractivity contribution in [1.82, 2.24) is 20.3 Å². The monoisotopic (exact) mass is 343 g/mol. The number of benzene rings is 1. The Bertz CT molecular complexity index is 747. The summed E-state index contributed by atoms with van der Waals surface area (Å²) >= 11 is 0. The molecule has 1 N–H and O–H groups in total. The number of amides is 1. The van der Waals surface area contributed by atoms with Gasteiger partial charge in [-0.3, -0.25) is 4.79 Å². The van der Waals surface area contributed by atoms with E-state index in [0.29, 0.717) is 43.6 Å². The Morgan fingerprint density at radius 3 is 2.80 bits per heavy atom. The molecule has 0 aliphatic carbocycles. The van der Waals surface area contributed by atoms with Crippen LogP contribution in [0.5, 0.6) is 6.01 Å². The van der Waals surface area contributed by atoms with E-state index < -0.39 is 0 Å². The Labute approximate surface area is 146 Å². The lowest BCUT2D eigenvalue weighted by Crippen LogP contribution is -2.37. The lowest BCUT2D eigenvalue weighted by molar-refractivity contribution is 0.0949. The zero-order valence-corrected chi connectivity index (χ0v) is 14.4. The van der Waals surface area contributed by atoms with Crippen molar-refractivity contribution in [2.75, 3.05) is 38.3 Å². The van der Waals surface area contributed by atoms with Gasteiger partial charge in [0.25, 0.3) is 5.91 Å². The lowest BCUT2D eigenvalue weighted by Gasteiger charge is -2.26. The maximum atomic E-state index is 12.3. The fraction of sp³-hybridized carbons (Fsp3) is 0.412. The summed E-state index contributed by atoms with van der Waals surface area (Å²) in [7, 11) is 1.51. The molecule has 1 amide bonds.